The Morgan fingerprint density at radius 3 is 2.82 bits per heavy atom. The van der Waals surface area contributed by atoms with Gasteiger partial charge in [0.25, 0.3) is 0 Å². The van der Waals surface area contributed by atoms with Gasteiger partial charge < -0.3 is 14.6 Å². The molecule has 0 aromatic heterocycles. The first-order valence-corrected chi connectivity index (χ1v) is 5.19. The summed E-state index contributed by atoms with van der Waals surface area (Å²) in [4.78, 5) is 11.1. The number of aliphatic hydroxyl groups is 1. The van der Waals surface area contributed by atoms with Gasteiger partial charge in [0, 0.05) is 11.6 Å². The first kappa shape index (κ1) is 13.4. The normalized spacial score (nSPS) is 12.0. The summed E-state index contributed by atoms with van der Waals surface area (Å²) in [6.07, 6.45) is -0.657. The zero-order valence-corrected chi connectivity index (χ0v) is 9.77. The molecule has 94 valence electrons. The Hall–Kier alpha value is -1.62. The Kier molecular flexibility index (Phi) is 4.90. The van der Waals surface area contributed by atoms with Crippen molar-refractivity contribution in [2.24, 2.45) is 0 Å². The average molecular weight is 242 g/mol. The maximum atomic E-state index is 13.0. The van der Waals surface area contributed by atoms with E-state index in [9.17, 15) is 9.18 Å². The molecule has 0 unspecified atom stereocenters. The Labute approximate surface area is 99.0 Å². The van der Waals surface area contributed by atoms with Gasteiger partial charge in [-0.05, 0) is 13.0 Å². The summed E-state index contributed by atoms with van der Waals surface area (Å²) < 4.78 is 22.8. The SMILES string of the molecule is COC(=O)Cc1ccc(F)cc1OC[C@H](C)O. The Bertz CT molecular complexity index is 390. The quantitative estimate of drug-likeness (QED) is 0.791. The molecule has 1 N–H and O–H groups in total. The van der Waals surface area contributed by atoms with Crippen LogP contribution in [0.15, 0.2) is 18.2 Å². The van der Waals surface area contributed by atoms with Gasteiger partial charge in [-0.2, -0.15) is 0 Å². The number of hydrogen-bond acceptors (Lipinski definition) is 4. The van der Waals surface area contributed by atoms with Crippen molar-refractivity contribution in [2.45, 2.75) is 19.4 Å². The van der Waals surface area contributed by atoms with E-state index in [1.165, 1.54) is 25.3 Å². The van der Waals surface area contributed by atoms with Crippen molar-refractivity contribution in [3.63, 3.8) is 0 Å². The number of hydrogen-bond donors (Lipinski definition) is 1. The molecule has 0 saturated carbocycles. The summed E-state index contributed by atoms with van der Waals surface area (Å²) in [5.74, 6) is -0.644. The summed E-state index contributed by atoms with van der Waals surface area (Å²) >= 11 is 0. The molecule has 0 fully saturated rings. The third-order valence-corrected chi connectivity index (χ3v) is 2.07. The topological polar surface area (TPSA) is 55.8 Å². The van der Waals surface area contributed by atoms with Gasteiger partial charge >= 0.3 is 5.97 Å². The number of ether oxygens (including phenoxy) is 2. The summed E-state index contributed by atoms with van der Waals surface area (Å²) in [6.45, 7) is 1.59. The van der Waals surface area contributed by atoms with Crippen LogP contribution >= 0.6 is 0 Å². The van der Waals surface area contributed by atoms with Gasteiger partial charge in [-0.25, -0.2) is 4.39 Å². The molecule has 0 spiro atoms. The predicted octanol–water partition coefficient (Wildman–Crippen LogP) is 1.30. The monoisotopic (exact) mass is 242 g/mol. The summed E-state index contributed by atoms with van der Waals surface area (Å²) in [6, 6.07) is 3.89. The van der Waals surface area contributed by atoms with Gasteiger partial charge in [-0.3, -0.25) is 4.79 Å². The van der Waals surface area contributed by atoms with Crippen molar-refractivity contribution >= 4 is 5.97 Å². The first-order chi connectivity index (χ1) is 8.02. The van der Waals surface area contributed by atoms with Crippen LogP contribution in [0.1, 0.15) is 12.5 Å². The van der Waals surface area contributed by atoms with Gasteiger partial charge in [0.1, 0.15) is 18.2 Å². The van der Waals surface area contributed by atoms with Crippen LogP contribution in [0.25, 0.3) is 0 Å². The van der Waals surface area contributed by atoms with E-state index < -0.39 is 17.9 Å². The van der Waals surface area contributed by atoms with Crippen LogP contribution in [0.3, 0.4) is 0 Å². The lowest BCUT2D eigenvalue weighted by molar-refractivity contribution is -0.139. The van der Waals surface area contributed by atoms with Crippen molar-refractivity contribution in [1.82, 2.24) is 0 Å². The molecular weight excluding hydrogens is 227 g/mol. The van der Waals surface area contributed by atoms with Crippen LogP contribution in [-0.4, -0.2) is 30.9 Å². The molecular formula is C12H15FO4. The van der Waals surface area contributed by atoms with E-state index in [1.54, 1.807) is 6.92 Å². The zero-order valence-electron chi connectivity index (χ0n) is 9.77. The number of benzene rings is 1. The van der Waals surface area contributed by atoms with E-state index >= 15 is 0 Å². The molecule has 0 aliphatic heterocycles. The van der Waals surface area contributed by atoms with Gasteiger partial charge in [0.05, 0.1) is 19.6 Å². The second-order valence-corrected chi connectivity index (χ2v) is 3.66. The van der Waals surface area contributed by atoms with Crippen molar-refractivity contribution in [1.29, 1.82) is 0 Å². The second-order valence-electron chi connectivity index (χ2n) is 3.66. The predicted molar refractivity (Wildman–Crippen MR) is 59.3 cm³/mol. The van der Waals surface area contributed by atoms with Crippen LogP contribution < -0.4 is 4.74 Å². The highest BCUT2D eigenvalue weighted by atomic mass is 19.1. The van der Waals surface area contributed by atoms with Crippen molar-refractivity contribution in [3.8, 4) is 5.75 Å². The van der Waals surface area contributed by atoms with Crippen LogP contribution in [0, 0.1) is 5.82 Å². The maximum Gasteiger partial charge on any atom is 0.310 e. The van der Waals surface area contributed by atoms with Gasteiger partial charge in [0.15, 0.2) is 0 Å². The minimum Gasteiger partial charge on any atom is -0.490 e. The number of aliphatic hydroxyl groups excluding tert-OH is 1. The van der Waals surface area contributed by atoms with E-state index in [0.29, 0.717) is 5.56 Å². The standard InChI is InChI=1S/C12H15FO4/c1-8(14)7-17-11-6-10(13)4-3-9(11)5-12(15)16-2/h3-4,6,8,14H,5,7H2,1-2H3/t8-/m0/s1. The highest BCUT2D eigenvalue weighted by molar-refractivity contribution is 5.73. The lowest BCUT2D eigenvalue weighted by atomic mass is 10.1. The minimum absolute atomic E-state index is 0.00588. The largest absolute Gasteiger partial charge is 0.490 e. The van der Waals surface area contributed by atoms with Crippen LogP contribution in [-0.2, 0) is 16.0 Å². The van der Waals surface area contributed by atoms with E-state index in [0.717, 1.165) is 0 Å². The number of carbonyl (C=O) groups excluding carboxylic acids is 1. The van der Waals surface area contributed by atoms with E-state index in [1.807, 2.05) is 0 Å². The molecule has 0 heterocycles. The lowest BCUT2D eigenvalue weighted by Crippen LogP contribution is -2.14. The summed E-state index contributed by atoms with van der Waals surface area (Å²) in [5, 5.41) is 9.09. The molecule has 5 heteroatoms. The van der Waals surface area contributed by atoms with Crippen LogP contribution in [0.5, 0.6) is 5.75 Å². The summed E-state index contributed by atoms with van der Waals surface area (Å²) in [7, 11) is 1.28. The molecule has 17 heavy (non-hydrogen) atoms. The van der Waals surface area contributed by atoms with Crippen LogP contribution in [0.2, 0.25) is 0 Å². The highest BCUT2D eigenvalue weighted by Crippen LogP contribution is 2.21. The molecule has 1 aromatic carbocycles. The van der Waals surface area contributed by atoms with Crippen LogP contribution in [0.4, 0.5) is 4.39 Å². The number of rotatable bonds is 5. The van der Waals surface area contributed by atoms with Gasteiger partial charge in [-0.15, -0.1) is 0 Å². The Balaban J connectivity index is 2.83. The molecule has 0 radical (unpaired) electrons. The highest BCUT2D eigenvalue weighted by Gasteiger charge is 2.11. The van der Waals surface area contributed by atoms with Crippen molar-refractivity contribution < 1.29 is 23.8 Å². The number of carbonyl (C=O) groups is 1. The molecule has 1 atom stereocenters. The minimum atomic E-state index is -0.663. The fourth-order valence-electron chi connectivity index (χ4n) is 1.25. The molecule has 0 saturated heterocycles. The van der Waals surface area contributed by atoms with Crippen molar-refractivity contribution in [2.75, 3.05) is 13.7 Å². The molecule has 1 aromatic rings. The second kappa shape index (κ2) is 6.20. The Morgan fingerprint density at radius 1 is 1.53 bits per heavy atom. The molecule has 0 amide bonds. The van der Waals surface area contributed by atoms with Gasteiger partial charge in [-0.1, -0.05) is 6.07 Å². The molecule has 0 aliphatic rings. The van der Waals surface area contributed by atoms with E-state index in [2.05, 4.69) is 4.74 Å². The van der Waals surface area contributed by atoms with E-state index in [4.69, 9.17) is 9.84 Å². The molecule has 0 aliphatic carbocycles. The third-order valence-electron chi connectivity index (χ3n) is 2.07. The zero-order chi connectivity index (χ0) is 12.8. The molecule has 4 nitrogen and oxygen atoms in total. The molecule has 1 rings (SSSR count). The average Bonchev–Trinajstić information content (AvgIpc) is 2.29. The maximum absolute atomic E-state index is 13.0. The first-order valence-electron chi connectivity index (χ1n) is 5.19. The van der Waals surface area contributed by atoms with Crippen molar-refractivity contribution in [3.05, 3.63) is 29.6 Å². The third kappa shape index (κ3) is 4.40. The van der Waals surface area contributed by atoms with Gasteiger partial charge in [0.2, 0.25) is 0 Å². The fourth-order valence-corrected chi connectivity index (χ4v) is 1.25. The number of esters is 1. The lowest BCUT2D eigenvalue weighted by Gasteiger charge is -2.12. The smallest absolute Gasteiger partial charge is 0.310 e. The molecule has 0 bridgehead atoms. The fraction of sp³-hybridized carbons (Fsp3) is 0.417. The summed E-state index contributed by atoms with van der Waals surface area (Å²) in [5.41, 5.74) is 0.527. The Morgan fingerprint density at radius 2 is 2.24 bits per heavy atom. The number of methoxy groups -OCH3 is 1. The number of halogens is 1. The van der Waals surface area contributed by atoms with E-state index in [-0.39, 0.29) is 18.8 Å².